The lowest BCUT2D eigenvalue weighted by Crippen LogP contribution is -2.12. The molecule has 1 atom stereocenters. The molecule has 0 fully saturated rings. The summed E-state index contributed by atoms with van der Waals surface area (Å²) < 4.78 is 0. The summed E-state index contributed by atoms with van der Waals surface area (Å²) in [5.41, 5.74) is 7.49. The van der Waals surface area contributed by atoms with Gasteiger partial charge >= 0.3 is 0 Å². The first kappa shape index (κ1) is 11.7. The molecule has 0 aliphatic rings. The van der Waals surface area contributed by atoms with Crippen LogP contribution in [-0.2, 0) is 0 Å². The van der Waals surface area contributed by atoms with E-state index in [-0.39, 0.29) is 6.04 Å². The molecule has 84 valence electrons. The van der Waals surface area contributed by atoms with E-state index in [4.69, 9.17) is 5.73 Å². The van der Waals surface area contributed by atoms with Crippen molar-refractivity contribution in [1.82, 2.24) is 0 Å². The van der Waals surface area contributed by atoms with Gasteiger partial charge in [0.05, 0.1) is 0 Å². The van der Waals surface area contributed by atoms with Crippen molar-refractivity contribution in [3.05, 3.63) is 52.2 Å². The van der Waals surface area contributed by atoms with Crippen molar-refractivity contribution in [2.24, 2.45) is 5.73 Å². The number of rotatable bonds is 4. The number of thiophene rings is 1. The Morgan fingerprint density at radius 3 is 2.62 bits per heavy atom. The third-order valence-electron chi connectivity index (χ3n) is 2.41. The van der Waals surface area contributed by atoms with Crippen molar-refractivity contribution in [3.63, 3.8) is 0 Å². The fraction of sp³-hybridized carbons (Fsp3) is 0.231. The van der Waals surface area contributed by atoms with Gasteiger partial charge in [0, 0.05) is 21.6 Å². The van der Waals surface area contributed by atoms with Crippen LogP contribution in [0.1, 0.15) is 16.5 Å². The SMILES string of the molecule is Cc1ccsc1C(N)CSc1ccccc1. The van der Waals surface area contributed by atoms with Gasteiger partial charge in [-0.15, -0.1) is 23.1 Å². The van der Waals surface area contributed by atoms with Gasteiger partial charge in [-0.25, -0.2) is 0 Å². The van der Waals surface area contributed by atoms with Crippen molar-refractivity contribution in [2.75, 3.05) is 5.75 Å². The maximum atomic E-state index is 6.18. The Balaban J connectivity index is 1.94. The van der Waals surface area contributed by atoms with Gasteiger partial charge in [-0.2, -0.15) is 0 Å². The molecule has 2 aromatic rings. The highest BCUT2D eigenvalue weighted by molar-refractivity contribution is 7.99. The second-order valence-corrected chi connectivity index (χ2v) is 5.74. The van der Waals surface area contributed by atoms with Gasteiger partial charge in [-0.1, -0.05) is 18.2 Å². The Hall–Kier alpha value is -0.770. The Bertz CT molecular complexity index is 436. The molecule has 0 radical (unpaired) electrons. The molecular formula is C13H15NS2. The summed E-state index contributed by atoms with van der Waals surface area (Å²) in [6.07, 6.45) is 0. The monoisotopic (exact) mass is 249 g/mol. The molecule has 0 aliphatic carbocycles. The molecule has 0 bridgehead atoms. The third kappa shape index (κ3) is 2.88. The van der Waals surface area contributed by atoms with E-state index < -0.39 is 0 Å². The lowest BCUT2D eigenvalue weighted by molar-refractivity contribution is 0.844. The van der Waals surface area contributed by atoms with Crippen molar-refractivity contribution in [2.45, 2.75) is 17.9 Å². The highest BCUT2D eigenvalue weighted by Gasteiger charge is 2.10. The van der Waals surface area contributed by atoms with E-state index in [2.05, 4.69) is 42.6 Å². The minimum atomic E-state index is 0.144. The van der Waals surface area contributed by atoms with Crippen LogP contribution >= 0.6 is 23.1 Å². The summed E-state index contributed by atoms with van der Waals surface area (Å²) >= 11 is 3.57. The van der Waals surface area contributed by atoms with Gasteiger partial charge in [0.1, 0.15) is 0 Å². The largest absolute Gasteiger partial charge is 0.323 e. The number of benzene rings is 1. The fourth-order valence-electron chi connectivity index (χ4n) is 1.54. The Morgan fingerprint density at radius 2 is 2.00 bits per heavy atom. The first-order chi connectivity index (χ1) is 7.77. The van der Waals surface area contributed by atoms with E-state index in [1.165, 1.54) is 15.3 Å². The normalized spacial score (nSPS) is 12.6. The number of nitrogens with two attached hydrogens (primary N) is 1. The van der Waals surface area contributed by atoms with Crippen molar-refractivity contribution < 1.29 is 0 Å². The van der Waals surface area contributed by atoms with Gasteiger partial charge < -0.3 is 5.73 Å². The maximum absolute atomic E-state index is 6.18. The molecule has 1 heterocycles. The molecule has 0 saturated heterocycles. The average Bonchev–Trinajstić information content (AvgIpc) is 2.74. The van der Waals surface area contributed by atoms with E-state index in [1.807, 2.05) is 17.8 Å². The average molecular weight is 249 g/mol. The van der Waals surface area contributed by atoms with Gasteiger partial charge in [-0.3, -0.25) is 0 Å². The van der Waals surface area contributed by atoms with E-state index >= 15 is 0 Å². The van der Waals surface area contributed by atoms with Crippen molar-refractivity contribution in [1.29, 1.82) is 0 Å². The summed E-state index contributed by atoms with van der Waals surface area (Å²) in [7, 11) is 0. The lowest BCUT2D eigenvalue weighted by atomic mass is 10.2. The third-order valence-corrected chi connectivity index (χ3v) is 4.69. The molecule has 2 rings (SSSR count). The molecule has 3 heteroatoms. The van der Waals surface area contributed by atoms with E-state index in [1.54, 1.807) is 11.3 Å². The van der Waals surface area contributed by atoms with Crippen LogP contribution in [0.2, 0.25) is 0 Å². The van der Waals surface area contributed by atoms with E-state index in [0.717, 1.165) is 5.75 Å². The second kappa shape index (κ2) is 5.53. The van der Waals surface area contributed by atoms with E-state index in [0.29, 0.717) is 0 Å². The quantitative estimate of drug-likeness (QED) is 0.833. The van der Waals surface area contributed by atoms with E-state index in [9.17, 15) is 0 Å². The zero-order chi connectivity index (χ0) is 11.4. The van der Waals surface area contributed by atoms with Crippen LogP contribution in [0.4, 0.5) is 0 Å². The number of hydrogen-bond donors (Lipinski definition) is 1. The Kier molecular flexibility index (Phi) is 4.04. The molecule has 1 aromatic carbocycles. The molecule has 1 unspecified atom stereocenters. The number of hydrogen-bond acceptors (Lipinski definition) is 3. The Labute approximate surface area is 105 Å². The Morgan fingerprint density at radius 1 is 1.25 bits per heavy atom. The maximum Gasteiger partial charge on any atom is 0.0487 e. The molecule has 16 heavy (non-hydrogen) atoms. The van der Waals surface area contributed by atoms with Crippen molar-refractivity contribution >= 4 is 23.1 Å². The van der Waals surface area contributed by atoms with Gasteiger partial charge in [0.15, 0.2) is 0 Å². The van der Waals surface area contributed by atoms with Gasteiger partial charge in [-0.05, 0) is 36.1 Å². The molecule has 0 amide bonds. The summed E-state index contributed by atoms with van der Waals surface area (Å²) in [6, 6.07) is 12.7. The van der Waals surface area contributed by atoms with Crippen LogP contribution in [0.5, 0.6) is 0 Å². The van der Waals surface area contributed by atoms with Crippen LogP contribution in [0.15, 0.2) is 46.7 Å². The molecule has 1 aromatic heterocycles. The topological polar surface area (TPSA) is 26.0 Å². The fourth-order valence-corrected chi connectivity index (χ4v) is 3.47. The van der Waals surface area contributed by atoms with Crippen molar-refractivity contribution in [3.8, 4) is 0 Å². The second-order valence-electron chi connectivity index (χ2n) is 3.70. The standard InChI is InChI=1S/C13H15NS2/c1-10-7-8-15-13(10)12(14)9-16-11-5-3-2-4-6-11/h2-8,12H,9,14H2,1H3. The molecule has 0 spiro atoms. The zero-order valence-electron chi connectivity index (χ0n) is 9.22. The summed E-state index contributed by atoms with van der Waals surface area (Å²) in [5, 5.41) is 2.11. The summed E-state index contributed by atoms with van der Waals surface area (Å²) in [6.45, 7) is 2.12. The van der Waals surface area contributed by atoms with Crippen LogP contribution in [0, 0.1) is 6.92 Å². The first-order valence-electron chi connectivity index (χ1n) is 5.25. The molecule has 2 N–H and O–H groups in total. The van der Waals surface area contributed by atoms with Crippen LogP contribution in [0.3, 0.4) is 0 Å². The van der Waals surface area contributed by atoms with Crippen LogP contribution < -0.4 is 5.73 Å². The predicted molar refractivity (Wildman–Crippen MR) is 73.2 cm³/mol. The molecule has 0 aliphatic heterocycles. The van der Waals surface area contributed by atoms with Crippen LogP contribution in [0.25, 0.3) is 0 Å². The number of aryl methyl sites for hydroxylation is 1. The van der Waals surface area contributed by atoms with Crippen LogP contribution in [-0.4, -0.2) is 5.75 Å². The minimum absolute atomic E-state index is 0.144. The highest BCUT2D eigenvalue weighted by Crippen LogP contribution is 2.27. The van der Waals surface area contributed by atoms with Gasteiger partial charge in [0.2, 0.25) is 0 Å². The lowest BCUT2D eigenvalue weighted by Gasteiger charge is -2.10. The molecule has 1 nitrogen and oxygen atoms in total. The molecular weight excluding hydrogens is 234 g/mol. The smallest absolute Gasteiger partial charge is 0.0487 e. The zero-order valence-corrected chi connectivity index (χ0v) is 10.9. The number of thioether (sulfide) groups is 1. The predicted octanol–water partition coefficient (Wildman–Crippen LogP) is 3.85. The first-order valence-corrected chi connectivity index (χ1v) is 7.11. The van der Waals surface area contributed by atoms with Gasteiger partial charge in [0.25, 0.3) is 0 Å². The minimum Gasteiger partial charge on any atom is -0.323 e. The summed E-state index contributed by atoms with van der Waals surface area (Å²) in [5.74, 6) is 0.936. The highest BCUT2D eigenvalue weighted by atomic mass is 32.2. The summed E-state index contributed by atoms with van der Waals surface area (Å²) in [4.78, 5) is 2.59. The molecule has 0 saturated carbocycles.